The molecule has 0 radical (unpaired) electrons. The Morgan fingerprint density at radius 1 is 1.24 bits per heavy atom. The number of halogens is 1. The van der Waals surface area contributed by atoms with E-state index in [0.717, 1.165) is 18.5 Å². The minimum Gasteiger partial charge on any atom is -0.325 e. The number of anilines is 1. The van der Waals surface area contributed by atoms with Gasteiger partial charge in [-0.3, -0.25) is 4.79 Å². The van der Waals surface area contributed by atoms with Gasteiger partial charge in [-0.05, 0) is 37.1 Å². The molecule has 0 aliphatic heterocycles. The van der Waals surface area contributed by atoms with Crippen LogP contribution in [0.1, 0.15) is 26.7 Å². The van der Waals surface area contributed by atoms with Gasteiger partial charge in [-0.2, -0.15) is 0 Å². The second-order valence-corrected chi connectivity index (χ2v) is 4.39. The van der Waals surface area contributed by atoms with Gasteiger partial charge in [0.2, 0.25) is 5.91 Å². The lowest BCUT2D eigenvalue weighted by atomic mass is 10.2. The van der Waals surface area contributed by atoms with Crippen LogP contribution in [0.15, 0.2) is 24.3 Å². The van der Waals surface area contributed by atoms with E-state index in [1.807, 2.05) is 0 Å². The van der Waals surface area contributed by atoms with Gasteiger partial charge in [0, 0.05) is 16.8 Å². The van der Waals surface area contributed by atoms with Crippen LogP contribution in [0, 0.1) is 0 Å². The molecule has 0 aromatic heterocycles. The number of benzene rings is 1. The smallest absolute Gasteiger partial charge is 0.238 e. The van der Waals surface area contributed by atoms with E-state index in [9.17, 15) is 4.79 Å². The highest BCUT2D eigenvalue weighted by Gasteiger charge is 2.06. The third kappa shape index (κ3) is 5.20. The van der Waals surface area contributed by atoms with Crippen molar-refractivity contribution in [3.8, 4) is 0 Å². The first-order valence-corrected chi connectivity index (χ1v) is 6.32. The highest BCUT2D eigenvalue weighted by molar-refractivity contribution is 6.30. The zero-order valence-electron chi connectivity index (χ0n) is 10.3. The van der Waals surface area contributed by atoms with Gasteiger partial charge in [-0.15, -0.1) is 0 Å². The normalized spacial score (nSPS) is 10.6. The predicted octanol–water partition coefficient (Wildman–Crippen LogP) is 3.06. The summed E-state index contributed by atoms with van der Waals surface area (Å²) < 4.78 is 0. The van der Waals surface area contributed by atoms with Gasteiger partial charge in [-0.1, -0.05) is 25.4 Å². The third-order valence-corrected chi connectivity index (χ3v) is 2.92. The van der Waals surface area contributed by atoms with Crippen LogP contribution in [0.3, 0.4) is 0 Å². The van der Waals surface area contributed by atoms with Crippen molar-refractivity contribution in [2.24, 2.45) is 0 Å². The van der Waals surface area contributed by atoms with Gasteiger partial charge in [0.25, 0.3) is 0 Å². The number of rotatable bonds is 6. The van der Waals surface area contributed by atoms with E-state index in [1.165, 1.54) is 0 Å². The Labute approximate surface area is 108 Å². The number of hydrogen-bond acceptors (Lipinski definition) is 2. The van der Waals surface area contributed by atoms with E-state index in [0.29, 0.717) is 17.6 Å². The van der Waals surface area contributed by atoms with Crippen molar-refractivity contribution in [1.29, 1.82) is 0 Å². The highest BCUT2D eigenvalue weighted by atomic mass is 35.5. The maximum absolute atomic E-state index is 11.6. The lowest BCUT2D eigenvalue weighted by Crippen LogP contribution is -2.35. The lowest BCUT2D eigenvalue weighted by molar-refractivity contribution is -0.115. The minimum absolute atomic E-state index is 0.0285. The molecule has 0 atom stereocenters. The maximum atomic E-state index is 11.6. The molecule has 17 heavy (non-hydrogen) atoms. The van der Waals surface area contributed by atoms with Crippen LogP contribution in [-0.2, 0) is 4.79 Å². The predicted molar refractivity (Wildman–Crippen MR) is 72.5 cm³/mol. The van der Waals surface area contributed by atoms with Gasteiger partial charge in [0.05, 0.1) is 6.54 Å². The van der Waals surface area contributed by atoms with E-state index in [4.69, 9.17) is 11.6 Å². The van der Waals surface area contributed by atoms with Crippen molar-refractivity contribution in [1.82, 2.24) is 5.32 Å². The zero-order chi connectivity index (χ0) is 12.7. The molecule has 3 nitrogen and oxygen atoms in total. The van der Waals surface area contributed by atoms with Crippen LogP contribution in [0.25, 0.3) is 0 Å². The van der Waals surface area contributed by atoms with Crippen molar-refractivity contribution in [2.45, 2.75) is 32.7 Å². The van der Waals surface area contributed by atoms with Crippen molar-refractivity contribution in [3.05, 3.63) is 29.3 Å². The molecule has 0 fully saturated rings. The Hall–Kier alpha value is -1.06. The van der Waals surface area contributed by atoms with Crippen molar-refractivity contribution >= 4 is 23.2 Å². The number of carbonyl (C=O) groups excluding carboxylic acids is 1. The number of carbonyl (C=O) groups is 1. The fourth-order valence-corrected chi connectivity index (χ4v) is 1.68. The monoisotopic (exact) mass is 254 g/mol. The highest BCUT2D eigenvalue weighted by Crippen LogP contribution is 2.13. The van der Waals surface area contributed by atoms with E-state index in [1.54, 1.807) is 24.3 Å². The van der Waals surface area contributed by atoms with Crippen LogP contribution >= 0.6 is 11.6 Å². The van der Waals surface area contributed by atoms with Crippen LogP contribution in [-0.4, -0.2) is 18.5 Å². The van der Waals surface area contributed by atoms with E-state index >= 15 is 0 Å². The van der Waals surface area contributed by atoms with Gasteiger partial charge < -0.3 is 10.6 Å². The molecule has 2 N–H and O–H groups in total. The van der Waals surface area contributed by atoms with Crippen LogP contribution in [0.4, 0.5) is 5.69 Å². The quantitative estimate of drug-likeness (QED) is 0.819. The van der Waals surface area contributed by atoms with Crippen LogP contribution in [0.2, 0.25) is 5.02 Å². The molecule has 1 aromatic carbocycles. The van der Waals surface area contributed by atoms with Crippen molar-refractivity contribution < 1.29 is 4.79 Å². The molecule has 0 spiro atoms. The minimum atomic E-state index is -0.0285. The lowest BCUT2D eigenvalue weighted by Gasteiger charge is -2.14. The average molecular weight is 255 g/mol. The zero-order valence-corrected chi connectivity index (χ0v) is 11.1. The third-order valence-electron chi connectivity index (χ3n) is 2.66. The van der Waals surface area contributed by atoms with E-state index < -0.39 is 0 Å². The SMILES string of the molecule is CCC(CC)NCC(=O)Nc1ccc(Cl)cc1. The molecule has 1 rings (SSSR count). The van der Waals surface area contributed by atoms with Crippen LogP contribution < -0.4 is 10.6 Å². The molecule has 0 unspecified atom stereocenters. The second-order valence-electron chi connectivity index (χ2n) is 3.95. The summed E-state index contributed by atoms with van der Waals surface area (Å²) in [6, 6.07) is 7.50. The van der Waals surface area contributed by atoms with Crippen molar-refractivity contribution in [3.63, 3.8) is 0 Å². The number of hydrogen-bond donors (Lipinski definition) is 2. The molecule has 0 aliphatic carbocycles. The average Bonchev–Trinajstić information content (AvgIpc) is 2.33. The first-order chi connectivity index (χ1) is 8.15. The maximum Gasteiger partial charge on any atom is 0.238 e. The van der Waals surface area contributed by atoms with Gasteiger partial charge in [0.1, 0.15) is 0 Å². The Morgan fingerprint density at radius 3 is 2.35 bits per heavy atom. The van der Waals surface area contributed by atoms with Gasteiger partial charge >= 0.3 is 0 Å². The number of amides is 1. The summed E-state index contributed by atoms with van der Waals surface area (Å²) in [5.74, 6) is -0.0285. The molecule has 0 saturated carbocycles. The fraction of sp³-hybridized carbons (Fsp3) is 0.462. The molecule has 1 amide bonds. The molecule has 1 aromatic rings. The summed E-state index contributed by atoms with van der Waals surface area (Å²) in [7, 11) is 0. The molecule has 0 aliphatic rings. The van der Waals surface area contributed by atoms with E-state index in [2.05, 4.69) is 24.5 Å². The molecule has 4 heteroatoms. The summed E-state index contributed by atoms with van der Waals surface area (Å²) in [6.07, 6.45) is 2.06. The Balaban J connectivity index is 2.37. The topological polar surface area (TPSA) is 41.1 Å². The Morgan fingerprint density at radius 2 is 1.82 bits per heavy atom. The first kappa shape index (κ1) is 14.0. The van der Waals surface area contributed by atoms with Gasteiger partial charge in [0.15, 0.2) is 0 Å². The summed E-state index contributed by atoms with van der Waals surface area (Å²) in [5.41, 5.74) is 0.769. The number of nitrogens with one attached hydrogen (secondary N) is 2. The van der Waals surface area contributed by atoms with Gasteiger partial charge in [-0.25, -0.2) is 0 Å². The van der Waals surface area contributed by atoms with Crippen molar-refractivity contribution in [2.75, 3.05) is 11.9 Å². The fourth-order valence-electron chi connectivity index (χ4n) is 1.55. The van der Waals surface area contributed by atoms with Crippen LogP contribution in [0.5, 0.6) is 0 Å². The molecule has 0 saturated heterocycles. The molecular formula is C13H19ClN2O. The molecule has 0 heterocycles. The summed E-state index contributed by atoms with van der Waals surface area (Å²) in [4.78, 5) is 11.6. The molecule has 94 valence electrons. The largest absolute Gasteiger partial charge is 0.325 e. The Bertz CT molecular complexity index is 347. The molecular weight excluding hydrogens is 236 g/mol. The standard InChI is InChI=1S/C13H19ClN2O/c1-3-11(4-2)15-9-13(17)16-12-7-5-10(14)6-8-12/h5-8,11,15H,3-4,9H2,1-2H3,(H,16,17). The Kier molecular flexibility index (Phi) is 6.01. The molecule has 0 bridgehead atoms. The summed E-state index contributed by atoms with van der Waals surface area (Å²) >= 11 is 5.76. The first-order valence-electron chi connectivity index (χ1n) is 5.94. The summed E-state index contributed by atoms with van der Waals surface area (Å²) in [5, 5.41) is 6.69. The summed E-state index contributed by atoms with van der Waals surface area (Å²) in [6.45, 7) is 4.56. The van der Waals surface area contributed by atoms with E-state index in [-0.39, 0.29) is 5.91 Å². The second kappa shape index (κ2) is 7.30.